The molecule has 0 bridgehead atoms. The molecule has 0 spiro atoms. The fourth-order valence-corrected chi connectivity index (χ4v) is 5.54. The summed E-state index contributed by atoms with van der Waals surface area (Å²) in [5.41, 5.74) is 3.27. The van der Waals surface area contributed by atoms with Gasteiger partial charge >= 0.3 is 0 Å². The number of aromatic hydroxyl groups is 1. The highest BCUT2D eigenvalue weighted by molar-refractivity contribution is 6.15. The van der Waals surface area contributed by atoms with E-state index in [1.165, 1.54) is 6.07 Å². The minimum Gasteiger partial charge on any atom is -0.508 e. The Kier molecular flexibility index (Phi) is 4.53. The van der Waals surface area contributed by atoms with Crippen molar-refractivity contribution in [3.05, 3.63) is 40.7 Å². The third-order valence-electron chi connectivity index (χ3n) is 6.83. The van der Waals surface area contributed by atoms with Gasteiger partial charge in [-0.1, -0.05) is 12.1 Å². The van der Waals surface area contributed by atoms with Crippen molar-refractivity contribution in [3.8, 4) is 5.75 Å². The van der Waals surface area contributed by atoms with Gasteiger partial charge in [-0.3, -0.25) is 14.4 Å². The van der Waals surface area contributed by atoms with Gasteiger partial charge in [-0.05, 0) is 44.5 Å². The Morgan fingerprint density at radius 2 is 1.90 bits per heavy atom. The van der Waals surface area contributed by atoms with Gasteiger partial charge in [-0.15, -0.1) is 0 Å². The number of rotatable bonds is 2. The van der Waals surface area contributed by atoms with Gasteiger partial charge in [0.25, 0.3) is 0 Å². The minimum atomic E-state index is -2.54. The van der Waals surface area contributed by atoms with E-state index in [0.29, 0.717) is 12.0 Å². The summed E-state index contributed by atoms with van der Waals surface area (Å²) >= 11 is 0. The predicted octanol–water partition coefficient (Wildman–Crippen LogP) is -0.714. The van der Waals surface area contributed by atoms with E-state index in [2.05, 4.69) is 0 Å². The van der Waals surface area contributed by atoms with E-state index in [0.717, 1.165) is 0 Å². The number of ketones is 2. The minimum absolute atomic E-state index is 0.0243. The fourth-order valence-electron chi connectivity index (χ4n) is 5.54. The van der Waals surface area contributed by atoms with Gasteiger partial charge in [-0.25, -0.2) is 0 Å². The van der Waals surface area contributed by atoms with E-state index in [9.17, 15) is 34.8 Å². The first-order valence-electron chi connectivity index (χ1n) is 9.71. The Balaban J connectivity index is 1.93. The number of carbonyl (C=O) groups excluding carboxylic acids is 3. The van der Waals surface area contributed by atoms with Gasteiger partial charge in [0.2, 0.25) is 5.91 Å². The van der Waals surface area contributed by atoms with Crippen LogP contribution in [0.2, 0.25) is 0 Å². The molecule has 1 aromatic rings. The number of hydrogen-bond donors (Lipinski definition) is 5. The first kappa shape index (κ1) is 20.5. The number of nitrogens with two attached hydrogens (primary N) is 1. The highest BCUT2D eigenvalue weighted by Crippen LogP contribution is 2.52. The molecule has 1 amide bonds. The van der Waals surface area contributed by atoms with Crippen molar-refractivity contribution in [3.63, 3.8) is 0 Å². The Morgan fingerprint density at radius 1 is 1.23 bits per heavy atom. The molecule has 0 aliphatic heterocycles. The van der Waals surface area contributed by atoms with E-state index >= 15 is 0 Å². The number of allylic oxidation sites excluding steroid dienone is 1. The molecule has 1 aromatic carbocycles. The average molecular weight is 416 g/mol. The molecule has 3 aliphatic rings. The molecule has 3 aliphatic carbocycles. The van der Waals surface area contributed by atoms with E-state index < -0.39 is 58.7 Å². The number of nitrogens with zero attached hydrogens (tertiary/aromatic N) is 1. The second-order valence-electron chi connectivity index (χ2n) is 8.60. The average Bonchev–Trinajstić information content (AvgIpc) is 2.64. The standard InChI is InChI=1S/C21H24N2O7/c1-23(2)15-10-7-9-6-8-4-3-5-11(24)12(8)16(25)13(9)18(27)21(10,30)19(28)14(17(15)26)20(22)29/h3-5,9-10,14-15,17,24,26-27,30H,6-7H2,1-2H3,(H2,22,29)/t9?,10?,14?,15-,17?,21-/m0/s1. The summed E-state index contributed by atoms with van der Waals surface area (Å²) in [7, 11) is 3.25. The molecule has 6 atom stereocenters. The number of Topliss-reactive ketones (excluding diaryl/α,β-unsaturated/α-hetero) is 2. The zero-order valence-corrected chi connectivity index (χ0v) is 16.6. The molecule has 4 rings (SSSR count). The van der Waals surface area contributed by atoms with Crippen molar-refractivity contribution in [1.82, 2.24) is 4.90 Å². The van der Waals surface area contributed by atoms with Gasteiger partial charge in [0.15, 0.2) is 17.2 Å². The molecule has 0 aromatic heterocycles. The van der Waals surface area contributed by atoms with E-state index in [1.54, 1.807) is 31.1 Å². The van der Waals surface area contributed by atoms with Crippen LogP contribution in [0.4, 0.5) is 0 Å². The Morgan fingerprint density at radius 3 is 2.50 bits per heavy atom. The van der Waals surface area contributed by atoms with Crippen molar-refractivity contribution in [2.45, 2.75) is 30.6 Å². The topological polar surface area (TPSA) is 161 Å². The van der Waals surface area contributed by atoms with E-state index in [1.807, 2.05) is 0 Å². The van der Waals surface area contributed by atoms with Crippen LogP contribution in [0.5, 0.6) is 5.75 Å². The van der Waals surface area contributed by atoms with Gasteiger partial charge < -0.3 is 31.1 Å². The lowest BCUT2D eigenvalue weighted by Crippen LogP contribution is -2.71. The zero-order valence-electron chi connectivity index (χ0n) is 16.6. The van der Waals surface area contributed by atoms with Crippen LogP contribution in [0.15, 0.2) is 29.5 Å². The van der Waals surface area contributed by atoms with Crippen molar-refractivity contribution in [2.24, 2.45) is 23.5 Å². The Hall–Kier alpha value is -2.75. The Labute approximate surface area is 172 Å². The van der Waals surface area contributed by atoms with Crippen LogP contribution in [0, 0.1) is 17.8 Å². The monoisotopic (exact) mass is 416 g/mol. The number of likely N-dealkylation sites (N-methyl/N-ethyl adjacent to an activating group) is 1. The summed E-state index contributed by atoms with van der Waals surface area (Å²) < 4.78 is 0. The molecule has 4 unspecified atom stereocenters. The van der Waals surface area contributed by atoms with Crippen molar-refractivity contribution in [1.29, 1.82) is 0 Å². The van der Waals surface area contributed by atoms with Crippen molar-refractivity contribution >= 4 is 17.5 Å². The van der Waals surface area contributed by atoms with Crippen molar-refractivity contribution in [2.75, 3.05) is 14.1 Å². The molecular weight excluding hydrogens is 392 g/mol. The van der Waals surface area contributed by atoms with Crippen LogP contribution in [0.1, 0.15) is 22.3 Å². The SMILES string of the molecule is CN(C)[C@@H]1C(O)C(C(N)=O)C(=O)[C@@]2(O)C(O)=C3C(=O)c4c(O)cccc4CC3CC12. The molecule has 0 saturated heterocycles. The summed E-state index contributed by atoms with van der Waals surface area (Å²) in [5.74, 6) is -7.21. The molecule has 9 heteroatoms. The largest absolute Gasteiger partial charge is 0.508 e. The second kappa shape index (κ2) is 6.63. The summed E-state index contributed by atoms with van der Waals surface area (Å²) in [5, 5.41) is 43.4. The summed E-state index contributed by atoms with van der Waals surface area (Å²) in [6.45, 7) is 0. The number of phenolic OH excluding ortho intramolecular Hbond substituents is 1. The highest BCUT2D eigenvalue weighted by atomic mass is 16.3. The lowest BCUT2D eigenvalue weighted by molar-refractivity contribution is -0.178. The molecule has 6 N–H and O–H groups in total. The van der Waals surface area contributed by atoms with Crippen LogP contribution in [0.25, 0.3) is 0 Å². The van der Waals surface area contributed by atoms with Gasteiger partial charge in [0, 0.05) is 17.5 Å². The molecular formula is C21H24N2O7. The second-order valence-corrected chi connectivity index (χ2v) is 8.60. The number of fused-ring (bicyclic) bond motifs is 3. The number of benzene rings is 1. The Bertz CT molecular complexity index is 1000. The maximum atomic E-state index is 13.1. The number of aliphatic hydroxyl groups is 3. The summed E-state index contributed by atoms with van der Waals surface area (Å²) in [6.07, 6.45) is -1.04. The smallest absolute Gasteiger partial charge is 0.230 e. The third-order valence-corrected chi connectivity index (χ3v) is 6.83. The van der Waals surface area contributed by atoms with Gasteiger partial charge in [0.1, 0.15) is 17.4 Å². The fraction of sp³-hybridized carbons (Fsp3) is 0.476. The summed E-state index contributed by atoms with van der Waals surface area (Å²) in [6, 6.07) is 3.80. The lowest BCUT2D eigenvalue weighted by Gasteiger charge is -2.53. The maximum Gasteiger partial charge on any atom is 0.230 e. The summed E-state index contributed by atoms with van der Waals surface area (Å²) in [4.78, 5) is 39.8. The first-order chi connectivity index (χ1) is 14.0. The molecule has 160 valence electrons. The number of aliphatic hydroxyl groups excluding tert-OH is 2. The lowest BCUT2D eigenvalue weighted by atomic mass is 9.56. The number of carbonyl (C=O) groups is 3. The quantitative estimate of drug-likeness (QED) is 0.395. The molecule has 1 saturated carbocycles. The molecule has 0 radical (unpaired) electrons. The van der Waals surface area contributed by atoms with Crippen LogP contribution < -0.4 is 5.73 Å². The van der Waals surface area contributed by atoms with Crippen molar-refractivity contribution < 1.29 is 34.8 Å². The van der Waals surface area contributed by atoms with Crippen LogP contribution in [-0.4, -0.2) is 74.6 Å². The third kappa shape index (κ3) is 2.49. The maximum absolute atomic E-state index is 13.1. The number of phenols is 1. The van der Waals surface area contributed by atoms with Crippen LogP contribution >= 0.6 is 0 Å². The number of amides is 1. The van der Waals surface area contributed by atoms with E-state index in [4.69, 9.17) is 5.73 Å². The molecule has 30 heavy (non-hydrogen) atoms. The first-order valence-corrected chi connectivity index (χ1v) is 9.71. The normalized spacial score (nSPS) is 35.7. The number of hydrogen-bond acceptors (Lipinski definition) is 8. The van der Waals surface area contributed by atoms with Crippen LogP contribution in [-0.2, 0) is 16.0 Å². The highest BCUT2D eigenvalue weighted by Gasteiger charge is 2.66. The molecule has 9 nitrogen and oxygen atoms in total. The van der Waals surface area contributed by atoms with E-state index in [-0.39, 0.29) is 23.3 Å². The predicted molar refractivity (Wildman–Crippen MR) is 104 cm³/mol. The molecule has 0 heterocycles. The van der Waals surface area contributed by atoms with Crippen LogP contribution in [0.3, 0.4) is 0 Å². The molecule has 1 fully saturated rings. The zero-order chi connectivity index (χ0) is 22.1. The van der Waals surface area contributed by atoms with Gasteiger partial charge in [0.05, 0.1) is 11.7 Å². The number of primary amides is 1. The van der Waals surface area contributed by atoms with Gasteiger partial charge in [-0.2, -0.15) is 0 Å².